The van der Waals surface area contributed by atoms with Gasteiger partial charge in [-0.25, -0.2) is 0 Å². The minimum absolute atomic E-state index is 0.244. The lowest BCUT2D eigenvalue weighted by Crippen LogP contribution is -1.96. The first-order valence-electron chi connectivity index (χ1n) is 5.15. The monoisotopic (exact) mass is 304 g/mol. The fourth-order valence-electron chi connectivity index (χ4n) is 1.73. The third-order valence-electron chi connectivity index (χ3n) is 2.66. The van der Waals surface area contributed by atoms with Gasteiger partial charge in [-0.2, -0.15) is 0 Å². The molecule has 1 heterocycles. The molecule has 0 N–H and O–H groups in total. The van der Waals surface area contributed by atoms with E-state index in [0.717, 1.165) is 16.7 Å². The summed E-state index contributed by atoms with van der Waals surface area (Å²) in [5.41, 5.74) is 4.32. The zero-order chi connectivity index (χ0) is 12.6. The number of rotatable bonds is 2. The zero-order valence-electron chi connectivity index (χ0n) is 9.43. The van der Waals surface area contributed by atoms with Crippen LogP contribution in [0.5, 0.6) is 0 Å². The summed E-state index contributed by atoms with van der Waals surface area (Å²) in [7, 11) is 0. The summed E-state index contributed by atoms with van der Waals surface area (Å²) in [6, 6.07) is 8.08. The summed E-state index contributed by atoms with van der Waals surface area (Å²) in [6.45, 7) is 4.10. The van der Waals surface area contributed by atoms with Crippen LogP contribution in [0.25, 0.3) is 0 Å². The molecule has 0 bridgehead atoms. The lowest BCUT2D eigenvalue weighted by molar-refractivity contribution is 1.11. The van der Waals surface area contributed by atoms with Gasteiger partial charge in [0.25, 0.3) is 0 Å². The SMILES string of the molecule is Cc1ccc(C)c(C(Cl)c2cc(Cl)sc2Cl)c1. The van der Waals surface area contributed by atoms with E-state index in [9.17, 15) is 0 Å². The van der Waals surface area contributed by atoms with E-state index < -0.39 is 0 Å². The van der Waals surface area contributed by atoms with Gasteiger partial charge in [-0.3, -0.25) is 0 Å². The molecule has 0 amide bonds. The molecule has 0 aliphatic carbocycles. The van der Waals surface area contributed by atoms with E-state index in [4.69, 9.17) is 34.8 Å². The average Bonchev–Trinajstić information content (AvgIpc) is 2.60. The van der Waals surface area contributed by atoms with Crippen LogP contribution in [0.2, 0.25) is 8.67 Å². The maximum absolute atomic E-state index is 6.49. The molecule has 1 aromatic carbocycles. The number of hydrogen-bond donors (Lipinski definition) is 0. The van der Waals surface area contributed by atoms with Crippen molar-refractivity contribution in [3.63, 3.8) is 0 Å². The highest BCUT2D eigenvalue weighted by Gasteiger charge is 2.18. The maximum Gasteiger partial charge on any atom is 0.0994 e. The Kier molecular flexibility index (Phi) is 4.04. The van der Waals surface area contributed by atoms with Crippen molar-refractivity contribution >= 4 is 46.1 Å². The number of halogens is 3. The van der Waals surface area contributed by atoms with Crippen molar-refractivity contribution in [1.82, 2.24) is 0 Å². The van der Waals surface area contributed by atoms with Gasteiger partial charge in [0, 0.05) is 5.56 Å². The minimum Gasteiger partial charge on any atom is -0.112 e. The molecule has 0 radical (unpaired) electrons. The van der Waals surface area contributed by atoms with Crippen LogP contribution in [0.3, 0.4) is 0 Å². The highest BCUT2D eigenvalue weighted by Crippen LogP contribution is 2.41. The Hall–Kier alpha value is -0.210. The molecule has 1 atom stereocenters. The van der Waals surface area contributed by atoms with E-state index in [1.807, 2.05) is 13.0 Å². The van der Waals surface area contributed by atoms with Crippen LogP contribution in [0.1, 0.15) is 27.6 Å². The Morgan fingerprint density at radius 2 is 1.76 bits per heavy atom. The van der Waals surface area contributed by atoms with Crippen molar-refractivity contribution in [3.8, 4) is 0 Å². The molecule has 0 aliphatic heterocycles. The molecule has 0 fully saturated rings. The van der Waals surface area contributed by atoms with Crippen LogP contribution in [0, 0.1) is 13.8 Å². The van der Waals surface area contributed by atoms with Crippen molar-refractivity contribution in [1.29, 1.82) is 0 Å². The predicted molar refractivity (Wildman–Crippen MR) is 78.0 cm³/mol. The van der Waals surface area contributed by atoms with Crippen molar-refractivity contribution in [2.24, 2.45) is 0 Å². The third kappa shape index (κ3) is 2.79. The van der Waals surface area contributed by atoms with E-state index >= 15 is 0 Å². The molecule has 1 unspecified atom stereocenters. The van der Waals surface area contributed by atoms with E-state index in [1.54, 1.807) is 0 Å². The van der Waals surface area contributed by atoms with Crippen LogP contribution in [-0.2, 0) is 0 Å². The van der Waals surface area contributed by atoms with Crippen LogP contribution in [0.15, 0.2) is 24.3 Å². The Balaban J connectivity index is 2.46. The predicted octanol–water partition coefficient (Wildman–Crippen LogP) is 6.00. The van der Waals surface area contributed by atoms with Crippen LogP contribution >= 0.6 is 46.1 Å². The lowest BCUT2D eigenvalue weighted by Gasteiger charge is -2.13. The van der Waals surface area contributed by atoms with E-state index in [0.29, 0.717) is 8.67 Å². The molecular weight excluding hydrogens is 295 g/mol. The van der Waals surface area contributed by atoms with Gasteiger partial charge >= 0.3 is 0 Å². The summed E-state index contributed by atoms with van der Waals surface area (Å²) in [4.78, 5) is 0. The van der Waals surface area contributed by atoms with Crippen LogP contribution in [-0.4, -0.2) is 0 Å². The smallest absolute Gasteiger partial charge is 0.0994 e. The first-order valence-corrected chi connectivity index (χ1v) is 7.16. The molecule has 0 saturated carbocycles. The Labute approximate surface area is 120 Å². The summed E-state index contributed by atoms with van der Waals surface area (Å²) in [5.74, 6) is 0. The number of hydrogen-bond acceptors (Lipinski definition) is 1. The van der Waals surface area contributed by atoms with Gasteiger partial charge in [0.05, 0.1) is 14.0 Å². The van der Waals surface area contributed by atoms with Crippen molar-refractivity contribution in [2.45, 2.75) is 19.2 Å². The molecule has 2 aromatic rings. The highest BCUT2D eigenvalue weighted by molar-refractivity contribution is 7.20. The standard InChI is InChI=1S/C13H11Cl3S/c1-7-3-4-8(2)9(5-7)12(15)10-6-11(14)17-13(10)16/h3-6,12H,1-2H3. The first kappa shape index (κ1) is 13.2. The Morgan fingerprint density at radius 3 is 2.35 bits per heavy atom. The zero-order valence-corrected chi connectivity index (χ0v) is 12.5. The quantitative estimate of drug-likeness (QED) is 0.597. The molecule has 0 aliphatic rings. The molecule has 0 saturated heterocycles. The average molecular weight is 306 g/mol. The van der Waals surface area contributed by atoms with Crippen molar-refractivity contribution < 1.29 is 0 Å². The second-order valence-electron chi connectivity index (χ2n) is 4.00. The lowest BCUT2D eigenvalue weighted by atomic mass is 10.00. The third-order valence-corrected chi connectivity index (χ3v) is 4.65. The van der Waals surface area contributed by atoms with E-state index in [2.05, 4.69) is 25.1 Å². The van der Waals surface area contributed by atoms with Crippen LogP contribution < -0.4 is 0 Å². The second-order valence-corrected chi connectivity index (χ2v) is 6.72. The van der Waals surface area contributed by atoms with Gasteiger partial charge in [-0.1, -0.05) is 47.0 Å². The maximum atomic E-state index is 6.49. The van der Waals surface area contributed by atoms with E-state index in [-0.39, 0.29) is 5.38 Å². The van der Waals surface area contributed by atoms with Gasteiger partial charge in [-0.15, -0.1) is 22.9 Å². The summed E-state index contributed by atoms with van der Waals surface area (Å²) in [6.07, 6.45) is 0. The van der Waals surface area contributed by atoms with Gasteiger partial charge in [0.15, 0.2) is 0 Å². The number of alkyl halides is 1. The summed E-state index contributed by atoms with van der Waals surface area (Å²) in [5, 5.41) is -0.244. The highest BCUT2D eigenvalue weighted by atomic mass is 35.5. The number of aryl methyl sites for hydroxylation is 2. The largest absolute Gasteiger partial charge is 0.112 e. The molecule has 4 heteroatoms. The summed E-state index contributed by atoms with van der Waals surface area (Å²) < 4.78 is 1.33. The minimum atomic E-state index is -0.244. The summed E-state index contributed by atoms with van der Waals surface area (Å²) >= 11 is 19.9. The van der Waals surface area contributed by atoms with Gasteiger partial charge in [0.2, 0.25) is 0 Å². The molecular formula is C13H11Cl3S. The molecule has 2 rings (SSSR count). The van der Waals surface area contributed by atoms with Crippen molar-refractivity contribution in [2.75, 3.05) is 0 Å². The first-order chi connectivity index (χ1) is 7.99. The topological polar surface area (TPSA) is 0 Å². The van der Waals surface area contributed by atoms with Crippen LogP contribution in [0.4, 0.5) is 0 Å². The fourth-order valence-corrected chi connectivity index (χ4v) is 3.79. The molecule has 0 spiro atoms. The Bertz CT molecular complexity index is 546. The van der Waals surface area contributed by atoms with E-state index in [1.165, 1.54) is 16.9 Å². The molecule has 0 nitrogen and oxygen atoms in total. The molecule has 1 aromatic heterocycles. The molecule has 17 heavy (non-hydrogen) atoms. The van der Waals surface area contributed by atoms with Gasteiger partial charge in [-0.05, 0) is 31.0 Å². The number of thiophene rings is 1. The van der Waals surface area contributed by atoms with Gasteiger partial charge < -0.3 is 0 Å². The molecule has 90 valence electrons. The second kappa shape index (κ2) is 5.19. The normalized spacial score (nSPS) is 12.8. The Morgan fingerprint density at radius 1 is 1.06 bits per heavy atom. The van der Waals surface area contributed by atoms with Crippen molar-refractivity contribution in [3.05, 3.63) is 55.2 Å². The number of benzene rings is 1. The van der Waals surface area contributed by atoms with Gasteiger partial charge in [0.1, 0.15) is 0 Å². The fraction of sp³-hybridized carbons (Fsp3) is 0.231.